The van der Waals surface area contributed by atoms with Gasteiger partial charge in [-0.2, -0.15) is 4.98 Å². The van der Waals surface area contributed by atoms with Crippen molar-refractivity contribution in [2.24, 2.45) is 0 Å². The standard InChI is InChI=1S/C22H40ClN3O5Si2/c1-13(2)32(14(3)4)28-12-17-19(30-33(31-32,15(5)6)16(7)8)22(9,23)20(29-17)26-11-10-18(24)25-21(26)27/h10-11,13-17,19-20H,12H2,1-9H3,(H2,24,25,27). The number of hydrogen-bond acceptors (Lipinski definition) is 7. The van der Waals surface area contributed by atoms with Crippen molar-refractivity contribution in [2.45, 2.75) is 108 Å². The Bertz CT molecular complexity index is 892. The van der Waals surface area contributed by atoms with E-state index in [9.17, 15) is 4.79 Å². The van der Waals surface area contributed by atoms with E-state index in [1.165, 1.54) is 4.57 Å². The number of hydrogen-bond donors (Lipinski definition) is 1. The molecule has 8 nitrogen and oxygen atoms in total. The third-order valence-corrected chi connectivity index (χ3v) is 17.7. The van der Waals surface area contributed by atoms with Crippen LogP contribution >= 0.6 is 11.6 Å². The maximum Gasteiger partial charge on any atom is 0.351 e. The van der Waals surface area contributed by atoms with E-state index in [1.807, 2.05) is 6.92 Å². The number of rotatable bonds is 5. The first-order valence-electron chi connectivity index (χ1n) is 11.9. The molecule has 0 bridgehead atoms. The Hall–Kier alpha value is -0.756. The first-order chi connectivity index (χ1) is 15.2. The Morgan fingerprint density at radius 1 is 1.09 bits per heavy atom. The number of nitrogens with zero attached hydrogens (tertiary/aromatic N) is 2. The lowest BCUT2D eigenvalue weighted by Crippen LogP contribution is -2.66. The lowest BCUT2D eigenvalue weighted by Gasteiger charge is -2.52. The van der Waals surface area contributed by atoms with Gasteiger partial charge in [-0.25, -0.2) is 4.79 Å². The number of fused-ring (bicyclic) bond motifs is 1. The molecule has 0 aliphatic carbocycles. The molecule has 3 rings (SSSR count). The normalized spacial score (nSPS) is 31.8. The highest BCUT2D eigenvalue weighted by molar-refractivity contribution is 6.84. The van der Waals surface area contributed by atoms with Crippen molar-refractivity contribution in [3.05, 3.63) is 22.7 Å². The predicted octanol–water partition coefficient (Wildman–Crippen LogP) is 4.68. The summed E-state index contributed by atoms with van der Waals surface area (Å²) in [6.07, 6.45) is -0.170. The molecule has 4 atom stereocenters. The maximum absolute atomic E-state index is 12.6. The van der Waals surface area contributed by atoms with Crippen molar-refractivity contribution >= 4 is 34.5 Å². The molecule has 2 aliphatic heterocycles. The molecule has 0 spiro atoms. The van der Waals surface area contributed by atoms with Crippen molar-refractivity contribution < 1.29 is 17.7 Å². The molecule has 2 aliphatic rings. The van der Waals surface area contributed by atoms with Crippen LogP contribution in [0.1, 0.15) is 68.5 Å². The summed E-state index contributed by atoms with van der Waals surface area (Å²) < 4.78 is 28.8. The first kappa shape index (κ1) is 26.8. The van der Waals surface area contributed by atoms with E-state index in [0.29, 0.717) is 6.61 Å². The van der Waals surface area contributed by atoms with Gasteiger partial charge >= 0.3 is 22.8 Å². The molecule has 11 heteroatoms. The first-order valence-corrected chi connectivity index (χ1v) is 16.2. The molecule has 188 valence electrons. The Morgan fingerprint density at radius 2 is 1.64 bits per heavy atom. The van der Waals surface area contributed by atoms with Crippen molar-refractivity contribution in [1.29, 1.82) is 0 Å². The highest BCUT2D eigenvalue weighted by atomic mass is 35.5. The molecule has 3 heterocycles. The van der Waals surface area contributed by atoms with Crippen molar-refractivity contribution in [1.82, 2.24) is 9.55 Å². The third-order valence-electron chi connectivity index (χ3n) is 7.11. The number of halogens is 1. The molecule has 33 heavy (non-hydrogen) atoms. The molecule has 0 amide bonds. The van der Waals surface area contributed by atoms with Crippen LogP contribution in [0.4, 0.5) is 5.82 Å². The van der Waals surface area contributed by atoms with E-state index in [2.05, 4.69) is 60.4 Å². The van der Waals surface area contributed by atoms with E-state index in [1.54, 1.807) is 12.3 Å². The fourth-order valence-electron chi connectivity index (χ4n) is 5.26. The SMILES string of the molecule is CC(C)[Si]1(C(C)C)OCC2OC(n3ccc(N)nc3=O)C(C)(Cl)C2O[Si](C(C)C)(C(C)C)O1. The van der Waals surface area contributed by atoms with E-state index in [0.717, 1.165) is 0 Å². The Balaban J connectivity index is 2.13. The summed E-state index contributed by atoms with van der Waals surface area (Å²) in [7, 11) is -5.55. The smallest absolute Gasteiger partial charge is 0.351 e. The van der Waals surface area contributed by atoms with Crippen LogP contribution in [0.2, 0.25) is 22.2 Å². The summed E-state index contributed by atoms with van der Waals surface area (Å²) >= 11 is 7.17. The van der Waals surface area contributed by atoms with Crippen molar-refractivity contribution in [2.75, 3.05) is 12.3 Å². The van der Waals surface area contributed by atoms with Gasteiger partial charge in [-0.05, 0) is 35.2 Å². The van der Waals surface area contributed by atoms with Gasteiger partial charge in [-0.3, -0.25) is 4.57 Å². The quantitative estimate of drug-likeness (QED) is 0.447. The van der Waals surface area contributed by atoms with E-state index in [-0.39, 0.29) is 28.0 Å². The lowest BCUT2D eigenvalue weighted by molar-refractivity contribution is -0.0569. The molecule has 4 unspecified atom stereocenters. The number of nitrogen functional groups attached to an aromatic ring is 1. The summed E-state index contributed by atoms with van der Waals surface area (Å²) in [5.74, 6) is 0.153. The van der Waals surface area contributed by atoms with Gasteiger partial charge in [0.15, 0.2) is 6.23 Å². The molecule has 0 radical (unpaired) electrons. The van der Waals surface area contributed by atoms with E-state index < -0.39 is 46.1 Å². The fourth-order valence-corrected chi connectivity index (χ4v) is 17.0. The highest BCUT2D eigenvalue weighted by Gasteiger charge is 2.64. The molecule has 2 saturated heterocycles. The summed E-state index contributed by atoms with van der Waals surface area (Å²) in [4.78, 5) is 15.4. The molecule has 2 fully saturated rings. The number of ether oxygens (including phenoxy) is 1. The zero-order valence-electron chi connectivity index (χ0n) is 21.3. The number of nitrogens with two attached hydrogens (primary N) is 1. The minimum absolute atomic E-state index is 0.153. The van der Waals surface area contributed by atoms with Gasteiger partial charge in [0, 0.05) is 6.20 Å². The topological polar surface area (TPSA) is 97.8 Å². The zero-order valence-corrected chi connectivity index (χ0v) is 24.1. The molecule has 1 aromatic heterocycles. The van der Waals surface area contributed by atoms with Gasteiger partial charge in [0.05, 0.1) is 12.7 Å². The highest BCUT2D eigenvalue weighted by Crippen LogP contribution is 2.52. The molecule has 0 aromatic carbocycles. The molecular weight excluding hydrogens is 478 g/mol. The molecule has 2 N–H and O–H groups in total. The summed E-state index contributed by atoms with van der Waals surface area (Å²) in [6.45, 7) is 19.5. The number of alkyl halides is 1. The largest absolute Gasteiger partial charge is 0.414 e. The van der Waals surface area contributed by atoms with E-state index in [4.69, 9.17) is 35.0 Å². The lowest BCUT2D eigenvalue weighted by atomic mass is 10.0. The van der Waals surface area contributed by atoms with Gasteiger partial charge in [-0.1, -0.05) is 55.4 Å². The summed E-state index contributed by atoms with van der Waals surface area (Å²) in [6, 6.07) is 1.56. The van der Waals surface area contributed by atoms with Crippen LogP contribution in [0, 0.1) is 0 Å². The Morgan fingerprint density at radius 3 is 2.12 bits per heavy atom. The molecule has 0 saturated carbocycles. The number of aromatic nitrogens is 2. The van der Waals surface area contributed by atoms with Crippen molar-refractivity contribution in [3.8, 4) is 0 Å². The number of anilines is 1. The minimum atomic E-state index is -2.86. The van der Waals surface area contributed by atoms with Crippen LogP contribution in [0.3, 0.4) is 0 Å². The van der Waals surface area contributed by atoms with Crippen molar-refractivity contribution in [3.63, 3.8) is 0 Å². The summed E-state index contributed by atoms with van der Waals surface area (Å²) in [5.41, 5.74) is 5.96. The molecular formula is C22H40ClN3O5Si2. The van der Waals surface area contributed by atoms with Gasteiger partial charge in [0.25, 0.3) is 0 Å². The van der Waals surface area contributed by atoms with Crippen LogP contribution < -0.4 is 11.4 Å². The van der Waals surface area contributed by atoms with E-state index >= 15 is 0 Å². The van der Waals surface area contributed by atoms with Gasteiger partial charge in [0.1, 0.15) is 16.8 Å². The van der Waals surface area contributed by atoms with Crippen LogP contribution in [-0.2, 0) is 17.7 Å². The van der Waals surface area contributed by atoms with Crippen LogP contribution in [-0.4, -0.2) is 50.4 Å². The average molecular weight is 518 g/mol. The van der Waals surface area contributed by atoms with Crippen LogP contribution in [0.15, 0.2) is 17.1 Å². The minimum Gasteiger partial charge on any atom is -0.414 e. The van der Waals surface area contributed by atoms with Gasteiger partial charge < -0.3 is 23.4 Å². The van der Waals surface area contributed by atoms with Crippen LogP contribution in [0.25, 0.3) is 0 Å². The summed E-state index contributed by atoms with van der Waals surface area (Å²) in [5, 5.41) is 0. The predicted molar refractivity (Wildman–Crippen MR) is 135 cm³/mol. The second-order valence-electron chi connectivity index (χ2n) is 10.7. The third kappa shape index (κ3) is 4.48. The maximum atomic E-state index is 12.6. The second-order valence-corrected chi connectivity index (χ2v) is 20.4. The molecule has 1 aromatic rings. The van der Waals surface area contributed by atoms with Gasteiger partial charge in [-0.15, -0.1) is 11.6 Å². The Labute approximate surface area is 204 Å². The van der Waals surface area contributed by atoms with Gasteiger partial charge in [0.2, 0.25) is 0 Å². The zero-order chi connectivity index (χ0) is 24.9. The second kappa shape index (κ2) is 9.36. The average Bonchev–Trinajstić information content (AvgIpc) is 2.90. The Kier molecular flexibility index (Phi) is 7.62. The van der Waals surface area contributed by atoms with Crippen LogP contribution in [0.5, 0.6) is 0 Å². The fraction of sp³-hybridized carbons (Fsp3) is 0.818. The monoisotopic (exact) mass is 517 g/mol.